The highest BCUT2D eigenvalue weighted by atomic mass is 15.1. The van der Waals surface area contributed by atoms with E-state index in [1.165, 1.54) is 27.4 Å². The van der Waals surface area contributed by atoms with Gasteiger partial charge in [-0.1, -0.05) is 36.4 Å². The molecule has 0 N–H and O–H groups in total. The van der Waals surface area contributed by atoms with Crippen LogP contribution in [0.4, 0.5) is 0 Å². The van der Waals surface area contributed by atoms with E-state index in [1.807, 2.05) is 13.0 Å². The Kier molecular flexibility index (Phi) is 2.58. The highest BCUT2D eigenvalue weighted by Crippen LogP contribution is 2.31. The molecule has 0 unspecified atom stereocenters. The van der Waals surface area contributed by atoms with Gasteiger partial charge in [0.2, 0.25) is 0 Å². The first kappa shape index (κ1) is 12.2. The summed E-state index contributed by atoms with van der Waals surface area (Å²) in [5.74, 6) is 0.979. The van der Waals surface area contributed by atoms with Crippen molar-refractivity contribution >= 4 is 21.8 Å². The van der Waals surface area contributed by atoms with Crippen LogP contribution in [0.25, 0.3) is 27.6 Å². The molecule has 0 atom stereocenters. The Hall–Kier alpha value is -2.61. The molecule has 4 rings (SSSR count). The second kappa shape index (κ2) is 4.45. The number of benzene rings is 2. The van der Waals surface area contributed by atoms with Gasteiger partial charge in [-0.05, 0) is 43.7 Å². The van der Waals surface area contributed by atoms with Gasteiger partial charge in [0.15, 0.2) is 0 Å². The second-order valence-corrected chi connectivity index (χ2v) is 5.51. The average molecular weight is 272 g/mol. The summed E-state index contributed by atoms with van der Waals surface area (Å²) in [6.45, 7) is 4.16. The Labute approximate surface area is 123 Å². The van der Waals surface area contributed by atoms with Gasteiger partial charge in [0.25, 0.3) is 0 Å². The van der Waals surface area contributed by atoms with Gasteiger partial charge >= 0.3 is 0 Å². The van der Waals surface area contributed by atoms with Crippen molar-refractivity contribution < 1.29 is 0 Å². The van der Waals surface area contributed by atoms with Gasteiger partial charge in [-0.15, -0.1) is 0 Å². The zero-order valence-corrected chi connectivity index (χ0v) is 12.2. The molecule has 0 amide bonds. The number of nitrogens with zero attached hydrogens (tertiary/aromatic N) is 2. The molecule has 0 aliphatic carbocycles. The lowest BCUT2D eigenvalue weighted by atomic mass is 10.1. The molecule has 2 heteroatoms. The highest BCUT2D eigenvalue weighted by molar-refractivity contribution is 6.09. The van der Waals surface area contributed by atoms with E-state index in [-0.39, 0.29) is 0 Å². The quantitative estimate of drug-likeness (QED) is 0.487. The minimum absolute atomic E-state index is 0.979. The van der Waals surface area contributed by atoms with Crippen LogP contribution in [0.15, 0.2) is 60.7 Å². The maximum Gasteiger partial charge on any atom is 0.137 e. The van der Waals surface area contributed by atoms with Crippen LogP contribution in [0.5, 0.6) is 0 Å². The van der Waals surface area contributed by atoms with E-state index >= 15 is 0 Å². The van der Waals surface area contributed by atoms with Crippen LogP contribution in [-0.4, -0.2) is 9.55 Å². The SMILES string of the molecule is Cc1ccc2c3ccccc3n(-c3cccc(C)n3)c2c1. The number of rotatable bonds is 1. The fourth-order valence-corrected chi connectivity index (χ4v) is 2.98. The molecule has 102 valence electrons. The van der Waals surface area contributed by atoms with Crippen molar-refractivity contribution in [1.82, 2.24) is 9.55 Å². The summed E-state index contributed by atoms with van der Waals surface area (Å²) in [4.78, 5) is 4.71. The van der Waals surface area contributed by atoms with Gasteiger partial charge < -0.3 is 0 Å². The minimum atomic E-state index is 0.979. The number of para-hydroxylation sites is 1. The van der Waals surface area contributed by atoms with Gasteiger partial charge in [-0.25, -0.2) is 4.98 Å². The zero-order valence-electron chi connectivity index (χ0n) is 12.2. The Morgan fingerprint density at radius 3 is 2.43 bits per heavy atom. The van der Waals surface area contributed by atoms with Gasteiger partial charge in [0.05, 0.1) is 11.0 Å². The van der Waals surface area contributed by atoms with Gasteiger partial charge in [-0.3, -0.25) is 4.57 Å². The fourth-order valence-electron chi connectivity index (χ4n) is 2.98. The van der Waals surface area contributed by atoms with E-state index < -0.39 is 0 Å². The average Bonchev–Trinajstić information content (AvgIpc) is 2.80. The Bertz CT molecular complexity index is 964. The number of aryl methyl sites for hydroxylation is 2. The largest absolute Gasteiger partial charge is 0.294 e. The number of fused-ring (bicyclic) bond motifs is 3. The summed E-state index contributed by atoms with van der Waals surface area (Å²) in [5.41, 5.74) is 4.72. The maximum absolute atomic E-state index is 4.71. The maximum atomic E-state index is 4.71. The summed E-state index contributed by atoms with van der Waals surface area (Å²) in [6.07, 6.45) is 0. The van der Waals surface area contributed by atoms with E-state index in [0.717, 1.165) is 11.5 Å². The van der Waals surface area contributed by atoms with Crippen LogP contribution in [-0.2, 0) is 0 Å². The number of pyridine rings is 1. The van der Waals surface area contributed by atoms with E-state index in [0.29, 0.717) is 0 Å². The van der Waals surface area contributed by atoms with Crippen LogP contribution in [0.3, 0.4) is 0 Å². The van der Waals surface area contributed by atoms with Gasteiger partial charge in [0, 0.05) is 16.5 Å². The van der Waals surface area contributed by atoms with Crippen molar-refractivity contribution in [3.63, 3.8) is 0 Å². The molecule has 0 aliphatic heterocycles. The third-order valence-electron chi connectivity index (χ3n) is 3.93. The van der Waals surface area contributed by atoms with E-state index in [9.17, 15) is 0 Å². The Morgan fingerprint density at radius 2 is 1.57 bits per heavy atom. The first-order valence-electron chi connectivity index (χ1n) is 7.18. The molecule has 0 aliphatic rings. The second-order valence-electron chi connectivity index (χ2n) is 5.51. The van der Waals surface area contributed by atoms with Crippen LogP contribution in [0.1, 0.15) is 11.3 Å². The molecule has 0 bridgehead atoms. The predicted octanol–water partition coefficient (Wildman–Crippen LogP) is 4.80. The summed E-state index contributed by atoms with van der Waals surface area (Å²) in [6, 6.07) is 21.3. The Morgan fingerprint density at radius 1 is 0.762 bits per heavy atom. The first-order chi connectivity index (χ1) is 10.2. The molecule has 2 aromatic heterocycles. The summed E-state index contributed by atoms with van der Waals surface area (Å²) < 4.78 is 2.25. The van der Waals surface area contributed by atoms with Crippen LogP contribution in [0, 0.1) is 13.8 Å². The monoisotopic (exact) mass is 272 g/mol. The highest BCUT2D eigenvalue weighted by Gasteiger charge is 2.12. The van der Waals surface area contributed by atoms with Crippen molar-refractivity contribution in [2.45, 2.75) is 13.8 Å². The molecule has 2 nitrogen and oxygen atoms in total. The fraction of sp³-hybridized carbons (Fsp3) is 0.105. The third kappa shape index (κ3) is 1.83. The lowest BCUT2D eigenvalue weighted by Gasteiger charge is -2.07. The van der Waals surface area contributed by atoms with Crippen LogP contribution in [0.2, 0.25) is 0 Å². The standard InChI is InChI=1S/C19H16N2/c1-13-10-11-16-15-7-3-4-8-17(15)21(18(16)12-13)19-9-5-6-14(2)20-19/h3-12H,1-2H3. The van der Waals surface area contributed by atoms with Crippen molar-refractivity contribution in [2.24, 2.45) is 0 Å². The first-order valence-corrected chi connectivity index (χ1v) is 7.18. The van der Waals surface area contributed by atoms with Crippen molar-refractivity contribution in [1.29, 1.82) is 0 Å². The lowest BCUT2D eigenvalue weighted by molar-refractivity contribution is 1.05. The predicted molar refractivity (Wildman–Crippen MR) is 88.1 cm³/mol. The number of aromatic nitrogens is 2. The van der Waals surface area contributed by atoms with Crippen LogP contribution >= 0.6 is 0 Å². The molecule has 0 radical (unpaired) electrons. The van der Waals surface area contributed by atoms with Crippen molar-refractivity contribution in [2.75, 3.05) is 0 Å². The van der Waals surface area contributed by atoms with Crippen LogP contribution < -0.4 is 0 Å². The third-order valence-corrected chi connectivity index (χ3v) is 3.93. The summed E-state index contributed by atoms with van der Waals surface area (Å²) in [7, 11) is 0. The van der Waals surface area contributed by atoms with Crippen molar-refractivity contribution in [3.8, 4) is 5.82 Å². The smallest absolute Gasteiger partial charge is 0.137 e. The topological polar surface area (TPSA) is 17.8 Å². The van der Waals surface area contributed by atoms with E-state index in [4.69, 9.17) is 4.98 Å². The number of hydrogen-bond donors (Lipinski definition) is 0. The molecule has 2 heterocycles. The normalized spacial score (nSPS) is 11.3. The number of hydrogen-bond acceptors (Lipinski definition) is 1. The molecule has 0 spiro atoms. The molecular weight excluding hydrogens is 256 g/mol. The molecule has 0 saturated carbocycles. The molecule has 4 aromatic rings. The lowest BCUT2D eigenvalue weighted by Crippen LogP contribution is -1.98. The van der Waals surface area contributed by atoms with E-state index in [2.05, 4.69) is 66.1 Å². The molecule has 21 heavy (non-hydrogen) atoms. The van der Waals surface area contributed by atoms with Crippen molar-refractivity contribution in [3.05, 3.63) is 71.9 Å². The molecule has 0 fully saturated rings. The van der Waals surface area contributed by atoms with Gasteiger partial charge in [0.1, 0.15) is 5.82 Å². The molecule has 0 saturated heterocycles. The molecular formula is C19H16N2. The Balaban J connectivity index is 2.21. The zero-order chi connectivity index (χ0) is 14.4. The summed E-state index contributed by atoms with van der Waals surface area (Å²) in [5, 5.41) is 2.55. The summed E-state index contributed by atoms with van der Waals surface area (Å²) >= 11 is 0. The van der Waals surface area contributed by atoms with Gasteiger partial charge in [-0.2, -0.15) is 0 Å². The molecule has 2 aromatic carbocycles. The minimum Gasteiger partial charge on any atom is -0.294 e. The van der Waals surface area contributed by atoms with E-state index in [1.54, 1.807) is 0 Å².